The van der Waals surface area contributed by atoms with Gasteiger partial charge in [0.05, 0.1) is 24.3 Å². The fourth-order valence-corrected chi connectivity index (χ4v) is 3.76. The summed E-state index contributed by atoms with van der Waals surface area (Å²) in [5, 5.41) is 2.36. The van der Waals surface area contributed by atoms with E-state index in [2.05, 4.69) is 12.2 Å². The van der Waals surface area contributed by atoms with E-state index in [-0.39, 0.29) is 23.3 Å². The lowest BCUT2D eigenvalue weighted by Gasteiger charge is -2.21. The van der Waals surface area contributed by atoms with Crippen LogP contribution in [0.2, 0.25) is 5.02 Å². The fourth-order valence-electron chi connectivity index (χ4n) is 3.59. The summed E-state index contributed by atoms with van der Waals surface area (Å²) in [6.45, 7) is 2.64. The van der Waals surface area contributed by atoms with Gasteiger partial charge >= 0.3 is 6.18 Å². The average Bonchev–Trinajstić information content (AvgIpc) is 3.55. The SMILES string of the molecule is C[C@H]1C[C@@H]1c1ccc(CN(CC(=O)Nc2ccc(Cl)cc2C(F)(F)F)C2CC2)o1. The number of alkyl halides is 3. The molecule has 2 saturated carbocycles. The highest BCUT2D eigenvalue weighted by molar-refractivity contribution is 6.30. The standard InChI is InChI=1S/C21H22ClF3N2O2/c1-12-8-16(12)19-7-5-15(29-19)10-27(14-3-4-14)11-20(28)26-18-6-2-13(22)9-17(18)21(23,24)25/h2,5-7,9,12,14,16H,3-4,8,10-11H2,1H3,(H,26,28)/t12-,16-/m0/s1. The summed E-state index contributed by atoms with van der Waals surface area (Å²) in [6.07, 6.45) is -1.54. The summed E-state index contributed by atoms with van der Waals surface area (Å²) in [5.74, 6) is 2.38. The highest BCUT2D eigenvalue weighted by Crippen LogP contribution is 2.47. The lowest BCUT2D eigenvalue weighted by atomic mass is 10.1. The Bertz CT molecular complexity index is 908. The lowest BCUT2D eigenvalue weighted by molar-refractivity contribution is -0.137. The number of rotatable bonds is 7. The van der Waals surface area contributed by atoms with Crippen LogP contribution in [-0.4, -0.2) is 23.4 Å². The molecule has 2 aliphatic rings. The van der Waals surface area contributed by atoms with E-state index in [9.17, 15) is 18.0 Å². The Labute approximate surface area is 172 Å². The Morgan fingerprint density at radius 1 is 1.28 bits per heavy atom. The van der Waals surface area contributed by atoms with Crippen LogP contribution in [0, 0.1) is 5.92 Å². The summed E-state index contributed by atoms with van der Waals surface area (Å²) in [5.41, 5.74) is -1.24. The number of nitrogens with one attached hydrogen (secondary N) is 1. The molecule has 1 N–H and O–H groups in total. The van der Waals surface area contributed by atoms with Crippen LogP contribution in [-0.2, 0) is 17.5 Å². The third-order valence-electron chi connectivity index (χ3n) is 5.49. The zero-order valence-corrected chi connectivity index (χ0v) is 16.7. The second-order valence-corrected chi connectivity index (χ2v) is 8.43. The van der Waals surface area contributed by atoms with E-state index >= 15 is 0 Å². The van der Waals surface area contributed by atoms with E-state index in [0.717, 1.165) is 36.8 Å². The molecule has 0 unspecified atom stereocenters. The van der Waals surface area contributed by atoms with Crippen molar-refractivity contribution in [2.24, 2.45) is 5.92 Å². The summed E-state index contributed by atoms with van der Waals surface area (Å²) in [6, 6.07) is 7.49. The van der Waals surface area contributed by atoms with Gasteiger partial charge in [0, 0.05) is 17.0 Å². The number of amides is 1. The maximum absolute atomic E-state index is 13.2. The van der Waals surface area contributed by atoms with Crippen LogP contribution in [0.3, 0.4) is 0 Å². The molecule has 0 aliphatic heterocycles. The molecular weight excluding hydrogens is 405 g/mol. The molecule has 0 bridgehead atoms. The Hall–Kier alpha value is -1.99. The van der Waals surface area contributed by atoms with Gasteiger partial charge in [-0.05, 0) is 55.5 Å². The molecule has 2 atom stereocenters. The van der Waals surface area contributed by atoms with Crippen LogP contribution in [0.1, 0.15) is 49.2 Å². The van der Waals surface area contributed by atoms with Crippen molar-refractivity contribution in [2.45, 2.75) is 50.9 Å². The normalized spacial score (nSPS) is 21.4. The number of benzene rings is 1. The molecule has 1 aromatic carbocycles. The molecule has 1 amide bonds. The van der Waals surface area contributed by atoms with Gasteiger partial charge in [-0.25, -0.2) is 0 Å². The van der Waals surface area contributed by atoms with Crippen molar-refractivity contribution in [2.75, 3.05) is 11.9 Å². The van der Waals surface area contributed by atoms with Gasteiger partial charge in [-0.2, -0.15) is 13.2 Å². The molecule has 0 radical (unpaired) electrons. The van der Waals surface area contributed by atoms with Crippen molar-refractivity contribution in [1.82, 2.24) is 4.90 Å². The second-order valence-electron chi connectivity index (χ2n) is 8.00. The van der Waals surface area contributed by atoms with Crippen molar-refractivity contribution < 1.29 is 22.4 Å². The third-order valence-corrected chi connectivity index (χ3v) is 5.72. The van der Waals surface area contributed by atoms with Crippen LogP contribution in [0.5, 0.6) is 0 Å². The average molecular weight is 427 g/mol. The minimum absolute atomic E-state index is 0.000451. The van der Waals surface area contributed by atoms with Crippen LogP contribution in [0.25, 0.3) is 0 Å². The van der Waals surface area contributed by atoms with Gasteiger partial charge < -0.3 is 9.73 Å². The molecule has 0 spiro atoms. The highest BCUT2D eigenvalue weighted by Gasteiger charge is 2.37. The predicted octanol–water partition coefficient (Wildman–Crippen LogP) is 5.68. The summed E-state index contributed by atoms with van der Waals surface area (Å²) in [7, 11) is 0. The second kappa shape index (κ2) is 7.69. The van der Waals surface area contributed by atoms with Crippen LogP contribution in [0.4, 0.5) is 18.9 Å². The monoisotopic (exact) mass is 426 g/mol. The molecule has 4 rings (SSSR count). The minimum Gasteiger partial charge on any atom is -0.464 e. The molecule has 2 aromatic rings. The lowest BCUT2D eigenvalue weighted by Crippen LogP contribution is -2.34. The maximum atomic E-state index is 13.2. The Balaban J connectivity index is 1.42. The molecule has 2 fully saturated rings. The topological polar surface area (TPSA) is 45.5 Å². The molecule has 1 heterocycles. The van der Waals surface area contributed by atoms with Crippen molar-refractivity contribution in [3.8, 4) is 0 Å². The van der Waals surface area contributed by atoms with Crippen molar-refractivity contribution in [3.05, 3.63) is 52.4 Å². The first kappa shape index (κ1) is 20.3. The number of carbonyl (C=O) groups excluding carboxylic acids is 1. The summed E-state index contributed by atoms with van der Waals surface area (Å²) >= 11 is 5.69. The quantitative estimate of drug-likeness (QED) is 0.619. The van der Waals surface area contributed by atoms with E-state index in [1.165, 1.54) is 12.1 Å². The third kappa shape index (κ3) is 4.95. The number of hydrogen-bond donors (Lipinski definition) is 1. The predicted molar refractivity (Wildman–Crippen MR) is 104 cm³/mol. The Morgan fingerprint density at radius 3 is 2.62 bits per heavy atom. The number of hydrogen-bond acceptors (Lipinski definition) is 3. The highest BCUT2D eigenvalue weighted by atomic mass is 35.5. The van der Waals surface area contributed by atoms with E-state index in [1.54, 1.807) is 0 Å². The van der Waals surface area contributed by atoms with Gasteiger partial charge in [-0.15, -0.1) is 0 Å². The van der Waals surface area contributed by atoms with E-state index in [0.29, 0.717) is 18.4 Å². The largest absolute Gasteiger partial charge is 0.464 e. The van der Waals surface area contributed by atoms with Gasteiger partial charge in [0.25, 0.3) is 0 Å². The number of furan rings is 1. The van der Waals surface area contributed by atoms with Gasteiger partial charge in [-0.1, -0.05) is 18.5 Å². The number of anilines is 1. The van der Waals surface area contributed by atoms with Crippen LogP contribution >= 0.6 is 11.6 Å². The van der Waals surface area contributed by atoms with Crippen molar-refractivity contribution in [1.29, 1.82) is 0 Å². The zero-order valence-electron chi connectivity index (χ0n) is 15.9. The van der Waals surface area contributed by atoms with Gasteiger partial charge in [0.2, 0.25) is 5.91 Å². The van der Waals surface area contributed by atoms with E-state index in [4.69, 9.17) is 16.0 Å². The van der Waals surface area contributed by atoms with Crippen LogP contribution in [0.15, 0.2) is 34.7 Å². The summed E-state index contributed by atoms with van der Waals surface area (Å²) < 4.78 is 45.6. The molecular formula is C21H22ClF3N2O2. The van der Waals surface area contributed by atoms with Crippen molar-refractivity contribution in [3.63, 3.8) is 0 Å². The number of halogens is 4. The number of carbonyl (C=O) groups is 1. The Morgan fingerprint density at radius 2 is 2.00 bits per heavy atom. The van der Waals surface area contributed by atoms with E-state index in [1.807, 2.05) is 17.0 Å². The zero-order chi connectivity index (χ0) is 20.8. The smallest absolute Gasteiger partial charge is 0.418 e. The Kier molecular flexibility index (Phi) is 5.38. The van der Waals surface area contributed by atoms with E-state index < -0.39 is 17.6 Å². The number of nitrogens with zero attached hydrogens (tertiary/aromatic N) is 1. The molecule has 8 heteroatoms. The molecule has 2 aliphatic carbocycles. The van der Waals surface area contributed by atoms with Crippen molar-refractivity contribution >= 4 is 23.2 Å². The van der Waals surface area contributed by atoms with Gasteiger partial charge in [0.1, 0.15) is 11.5 Å². The minimum atomic E-state index is -4.60. The molecule has 4 nitrogen and oxygen atoms in total. The first-order valence-corrected chi connectivity index (χ1v) is 10.1. The van der Waals surface area contributed by atoms with Gasteiger partial charge in [-0.3, -0.25) is 9.69 Å². The van der Waals surface area contributed by atoms with Gasteiger partial charge in [0.15, 0.2) is 0 Å². The molecule has 156 valence electrons. The summed E-state index contributed by atoms with van der Waals surface area (Å²) in [4.78, 5) is 14.4. The molecule has 29 heavy (non-hydrogen) atoms. The first-order valence-electron chi connectivity index (χ1n) is 9.70. The fraction of sp³-hybridized carbons (Fsp3) is 0.476. The van der Waals surface area contributed by atoms with Crippen LogP contribution < -0.4 is 5.32 Å². The maximum Gasteiger partial charge on any atom is 0.418 e. The first-order chi connectivity index (χ1) is 13.7. The molecule has 1 aromatic heterocycles. The molecule has 0 saturated heterocycles.